The molecule has 0 saturated carbocycles. The van der Waals surface area contributed by atoms with E-state index in [-0.39, 0.29) is 11.9 Å². The Bertz CT molecular complexity index is 631. The second kappa shape index (κ2) is 12.6. The monoisotopic (exact) mass is 362 g/mol. The van der Waals surface area contributed by atoms with Crippen LogP contribution in [0.1, 0.15) is 25.7 Å². The van der Waals surface area contributed by atoms with Gasteiger partial charge in [-0.25, -0.2) is 4.99 Å². The van der Waals surface area contributed by atoms with E-state index in [0.717, 1.165) is 31.4 Å². The number of halogens is 1. The summed E-state index contributed by atoms with van der Waals surface area (Å²) in [5, 5.41) is 14.3. The number of nitriles is 1. The summed E-state index contributed by atoms with van der Waals surface area (Å²) in [6, 6.07) is 7.26. The molecule has 0 radical (unpaired) electrons. The minimum Gasteiger partial charge on any atom is -0.369 e. The highest BCUT2D eigenvalue weighted by Gasteiger charge is 1.93. The highest BCUT2D eigenvalue weighted by atomic mass is 35.5. The highest BCUT2D eigenvalue weighted by Crippen LogP contribution is 2.12. The Hall–Kier alpha value is -2.79. The number of hydrogen-bond acceptors (Lipinski definition) is 3. The molecular formula is C16H23ClN8. The van der Waals surface area contributed by atoms with Crippen LogP contribution in [-0.4, -0.2) is 31.3 Å². The standard InChI is InChI=1S/C16H23ClN8/c17-13-5-7-14(8-6-13)24-12-25-16(20)22-10-4-2-1-3-9-21-15(19)23-11-18/h5-8,12H,1-4,9-10H2,(H3,19,21,23)(H3,20,22,24,25). The largest absolute Gasteiger partial charge is 0.369 e. The second-order valence-corrected chi connectivity index (χ2v) is 5.50. The maximum Gasteiger partial charge on any atom is 0.216 e. The van der Waals surface area contributed by atoms with Gasteiger partial charge in [-0.2, -0.15) is 5.26 Å². The van der Waals surface area contributed by atoms with Crippen molar-refractivity contribution in [2.75, 3.05) is 18.4 Å². The third-order valence-corrected chi connectivity index (χ3v) is 3.33. The van der Waals surface area contributed by atoms with Crippen LogP contribution < -0.4 is 22.1 Å². The van der Waals surface area contributed by atoms with E-state index < -0.39 is 0 Å². The molecule has 0 aromatic heterocycles. The molecule has 0 aliphatic rings. The Morgan fingerprint density at radius 3 is 2.36 bits per heavy atom. The first-order valence-corrected chi connectivity index (χ1v) is 8.29. The van der Waals surface area contributed by atoms with Gasteiger partial charge in [0.05, 0.1) is 6.34 Å². The van der Waals surface area contributed by atoms with E-state index in [4.69, 9.17) is 28.3 Å². The molecule has 0 bridgehead atoms. The van der Waals surface area contributed by atoms with Gasteiger partial charge in [-0.15, -0.1) is 0 Å². The van der Waals surface area contributed by atoms with Crippen molar-refractivity contribution in [2.45, 2.75) is 25.7 Å². The number of unbranched alkanes of at least 4 members (excludes halogenated alkanes) is 3. The summed E-state index contributed by atoms with van der Waals surface area (Å²) in [6.07, 6.45) is 7.09. The molecule has 8 nitrogen and oxygen atoms in total. The SMILES string of the molecule is N#CNC(N)=NCCCCCCN=C(N)/N=C/Nc1ccc(Cl)cc1. The first-order valence-electron chi connectivity index (χ1n) is 7.91. The van der Waals surface area contributed by atoms with Crippen molar-refractivity contribution in [1.82, 2.24) is 5.32 Å². The minimum absolute atomic E-state index is 0.157. The second-order valence-electron chi connectivity index (χ2n) is 5.07. The third-order valence-electron chi connectivity index (χ3n) is 3.08. The highest BCUT2D eigenvalue weighted by molar-refractivity contribution is 6.30. The molecule has 0 spiro atoms. The number of nitrogens with one attached hydrogen (secondary N) is 2. The van der Waals surface area contributed by atoms with E-state index in [0.29, 0.717) is 18.1 Å². The Morgan fingerprint density at radius 1 is 1.08 bits per heavy atom. The molecule has 0 saturated heterocycles. The Labute approximate surface area is 152 Å². The van der Waals surface area contributed by atoms with Gasteiger partial charge in [0.1, 0.15) is 0 Å². The normalized spacial score (nSPS) is 12.2. The molecule has 0 amide bonds. The average molecular weight is 363 g/mol. The minimum atomic E-state index is 0.157. The topological polar surface area (TPSA) is 137 Å². The van der Waals surface area contributed by atoms with Crippen LogP contribution in [0.2, 0.25) is 5.02 Å². The molecule has 0 atom stereocenters. The molecule has 0 aliphatic heterocycles. The molecule has 0 unspecified atom stereocenters. The van der Waals surface area contributed by atoms with Crippen molar-refractivity contribution >= 4 is 35.5 Å². The Morgan fingerprint density at radius 2 is 1.72 bits per heavy atom. The maximum atomic E-state index is 8.34. The maximum absolute atomic E-state index is 8.34. The van der Waals surface area contributed by atoms with Crippen molar-refractivity contribution in [2.24, 2.45) is 26.4 Å². The molecule has 0 heterocycles. The number of hydrogen-bond donors (Lipinski definition) is 4. The molecule has 1 rings (SSSR count). The summed E-state index contributed by atoms with van der Waals surface area (Å²) in [5.74, 6) is 0.395. The number of anilines is 1. The van der Waals surface area contributed by atoms with Crippen LogP contribution in [0.5, 0.6) is 0 Å². The zero-order valence-corrected chi connectivity index (χ0v) is 14.7. The summed E-state index contributed by atoms with van der Waals surface area (Å²) in [7, 11) is 0. The molecule has 1 aromatic carbocycles. The van der Waals surface area contributed by atoms with Crippen LogP contribution in [-0.2, 0) is 0 Å². The quantitative estimate of drug-likeness (QED) is 0.175. The molecular weight excluding hydrogens is 340 g/mol. The summed E-state index contributed by atoms with van der Waals surface area (Å²) < 4.78 is 0. The molecule has 0 aliphatic carbocycles. The molecule has 25 heavy (non-hydrogen) atoms. The predicted octanol–water partition coefficient (Wildman–Crippen LogP) is 2.04. The van der Waals surface area contributed by atoms with Gasteiger partial charge in [0.15, 0.2) is 6.19 Å². The van der Waals surface area contributed by atoms with Crippen molar-refractivity contribution in [3.8, 4) is 6.19 Å². The van der Waals surface area contributed by atoms with E-state index in [1.807, 2.05) is 12.1 Å². The van der Waals surface area contributed by atoms with Gasteiger partial charge in [-0.3, -0.25) is 15.3 Å². The smallest absolute Gasteiger partial charge is 0.216 e. The first kappa shape index (κ1) is 20.3. The van der Waals surface area contributed by atoms with E-state index in [1.54, 1.807) is 18.3 Å². The van der Waals surface area contributed by atoms with Crippen LogP contribution in [0.4, 0.5) is 5.69 Å². The summed E-state index contributed by atoms with van der Waals surface area (Å²) in [5.41, 5.74) is 12.0. The lowest BCUT2D eigenvalue weighted by atomic mass is 10.2. The van der Waals surface area contributed by atoms with Crippen LogP contribution in [0, 0.1) is 11.5 Å². The number of guanidine groups is 2. The van der Waals surface area contributed by atoms with Gasteiger partial charge in [-0.1, -0.05) is 24.4 Å². The van der Waals surface area contributed by atoms with E-state index >= 15 is 0 Å². The van der Waals surface area contributed by atoms with Gasteiger partial charge in [0.2, 0.25) is 11.9 Å². The fourth-order valence-electron chi connectivity index (χ4n) is 1.83. The lowest BCUT2D eigenvalue weighted by Gasteiger charge is -2.00. The zero-order valence-electron chi connectivity index (χ0n) is 14.0. The first-order chi connectivity index (χ1) is 12.1. The molecule has 6 N–H and O–H groups in total. The fourth-order valence-corrected chi connectivity index (χ4v) is 1.95. The molecule has 9 heteroatoms. The molecule has 134 valence electrons. The summed E-state index contributed by atoms with van der Waals surface area (Å²) in [4.78, 5) is 12.2. The average Bonchev–Trinajstić information content (AvgIpc) is 2.59. The van der Waals surface area contributed by atoms with Crippen molar-refractivity contribution < 1.29 is 0 Å². The fraction of sp³-hybridized carbons (Fsp3) is 0.375. The van der Waals surface area contributed by atoms with Gasteiger partial charge in [-0.05, 0) is 37.1 Å². The van der Waals surface area contributed by atoms with Crippen LogP contribution in [0.25, 0.3) is 0 Å². The van der Waals surface area contributed by atoms with Gasteiger partial charge < -0.3 is 16.8 Å². The van der Waals surface area contributed by atoms with Crippen LogP contribution >= 0.6 is 11.6 Å². The number of benzene rings is 1. The third kappa shape index (κ3) is 10.6. The molecule has 1 aromatic rings. The van der Waals surface area contributed by atoms with Gasteiger partial charge in [0, 0.05) is 23.8 Å². The van der Waals surface area contributed by atoms with E-state index in [9.17, 15) is 0 Å². The Kier molecular flexibility index (Phi) is 10.2. The van der Waals surface area contributed by atoms with Crippen molar-refractivity contribution in [1.29, 1.82) is 5.26 Å². The van der Waals surface area contributed by atoms with Crippen LogP contribution in [0.15, 0.2) is 39.2 Å². The predicted molar refractivity (Wildman–Crippen MR) is 104 cm³/mol. The van der Waals surface area contributed by atoms with Gasteiger partial charge >= 0.3 is 0 Å². The van der Waals surface area contributed by atoms with Crippen LogP contribution in [0.3, 0.4) is 0 Å². The number of nitrogens with two attached hydrogens (primary N) is 2. The van der Waals surface area contributed by atoms with Crippen molar-refractivity contribution in [3.63, 3.8) is 0 Å². The summed E-state index contributed by atoms with van der Waals surface area (Å²) >= 11 is 5.81. The lowest BCUT2D eigenvalue weighted by molar-refractivity contribution is 0.653. The summed E-state index contributed by atoms with van der Waals surface area (Å²) in [6.45, 7) is 1.23. The number of rotatable bonds is 9. The van der Waals surface area contributed by atoms with Crippen molar-refractivity contribution in [3.05, 3.63) is 29.3 Å². The van der Waals surface area contributed by atoms with E-state index in [1.165, 1.54) is 6.34 Å². The zero-order chi connectivity index (χ0) is 18.3. The number of aliphatic imine (C=N–C) groups is 3. The molecule has 0 fully saturated rings. The Balaban J connectivity index is 2.11. The lowest BCUT2D eigenvalue weighted by Crippen LogP contribution is -2.27. The van der Waals surface area contributed by atoms with Gasteiger partial charge in [0.25, 0.3) is 0 Å². The van der Waals surface area contributed by atoms with E-state index in [2.05, 4.69) is 25.6 Å². The number of nitrogens with zero attached hydrogens (tertiary/aromatic N) is 4.